The molecule has 0 fully saturated rings. The molecular formula is C15H24IN3S. The average Bonchev–Trinajstić information content (AvgIpc) is 2.45. The van der Waals surface area contributed by atoms with Crippen molar-refractivity contribution < 1.29 is 0 Å². The Morgan fingerprint density at radius 1 is 1.30 bits per heavy atom. The minimum atomic E-state index is 0. The minimum absolute atomic E-state index is 0. The molecule has 0 aromatic heterocycles. The van der Waals surface area contributed by atoms with E-state index in [9.17, 15) is 0 Å². The van der Waals surface area contributed by atoms with Gasteiger partial charge in [0.1, 0.15) is 0 Å². The maximum absolute atomic E-state index is 4.52. The molecule has 20 heavy (non-hydrogen) atoms. The van der Waals surface area contributed by atoms with Gasteiger partial charge in [-0.15, -0.1) is 42.3 Å². The first-order valence-electron chi connectivity index (χ1n) is 6.67. The maximum atomic E-state index is 4.52. The lowest BCUT2D eigenvalue weighted by Gasteiger charge is -2.09. The minimum Gasteiger partial charge on any atom is -0.357 e. The van der Waals surface area contributed by atoms with Crippen molar-refractivity contribution in [2.24, 2.45) is 4.99 Å². The summed E-state index contributed by atoms with van der Waals surface area (Å²) in [4.78, 5) is 5.84. The fourth-order valence-corrected chi connectivity index (χ4v) is 2.33. The molecule has 1 aromatic carbocycles. The topological polar surface area (TPSA) is 36.4 Å². The second kappa shape index (κ2) is 13.3. The molecule has 0 saturated heterocycles. The average molecular weight is 405 g/mol. The van der Waals surface area contributed by atoms with E-state index < -0.39 is 0 Å². The monoisotopic (exact) mass is 405 g/mol. The second-order valence-corrected chi connectivity index (χ2v) is 5.11. The largest absolute Gasteiger partial charge is 0.357 e. The zero-order chi connectivity index (χ0) is 13.8. The van der Waals surface area contributed by atoms with Crippen LogP contribution in [0.1, 0.15) is 13.3 Å². The third kappa shape index (κ3) is 9.25. The highest BCUT2D eigenvalue weighted by Crippen LogP contribution is 2.17. The summed E-state index contributed by atoms with van der Waals surface area (Å²) in [5.74, 6) is 1.96. The van der Waals surface area contributed by atoms with Crippen LogP contribution in [-0.2, 0) is 0 Å². The molecule has 2 N–H and O–H groups in total. The Balaban J connectivity index is 0.00000361. The number of rotatable bonds is 8. The summed E-state index contributed by atoms with van der Waals surface area (Å²) in [6.45, 7) is 8.21. The molecule has 1 rings (SSSR count). The number of nitrogens with zero attached hydrogens (tertiary/aromatic N) is 1. The standard InChI is InChI=1S/C15H23N3S.HI/c1-3-11-17-15(16-4-2)18-12-8-13-19-14-9-6-5-7-10-14;/h3,5-7,9-10H,1,4,8,11-13H2,2H3,(H2,16,17,18);1H. The Bertz CT molecular complexity index is 382. The van der Waals surface area contributed by atoms with E-state index in [1.807, 2.05) is 23.9 Å². The van der Waals surface area contributed by atoms with E-state index >= 15 is 0 Å². The molecule has 0 amide bonds. The van der Waals surface area contributed by atoms with Crippen molar-refractivity contribution in [2.45, 2.75) is 18.2 Å². The van der Waals surface area contributed by atoms with Gasteiger partial charge in [0.25, 0.3) is 0 Å². The van der Waals surface area contributed by atoms with Crippen LogP contribution >= 0.6 is 35.7 Å². The van der Waals surface area contributed by atoms with Crippen LogP contribution in [0.5, 0.6) is 0 Å². The summed E-state index contributed by atoms with van der Waals surface area (Å²) in [5.41, 5.74) is 0. The summed E-state index contributed by atoms with van der Waals surface area (Å²) < 4.78 is 0. The van der Waals surface area contributed by atoms with Gasteiger partial charge < -0.3 is 10.6 Å². The van der Waals surface area contributed by atoms with E-state index in [4.69, 9.17) is 0 Å². The summed E-state index contributed by atoms with van der Waals surface area (Å²) in [7, 11) is 0. The molecule has 0 spiro atoms. The van der Waals surface area contributed by atoms with Gasteiger partial charge in [-0.05, 0) is 31.2 Å². The van der Waals surface area contributed by atoms with Crippen LogP contribution in [0.15, 0.2) is 52.9 Å². The van der Waals surface area contributed by atoms with Gasteiger partial charge in [0.15, 0.2) is 5.96 Å². The molecule has 0 aliphatic rings. The van der Waals surface area contributed by atoms with Gasteiger partial charge in [-0.3, -0.25) is 4.99 Å². The predicted octanol–water partition coefficient (Wildman–Crippen LogP) is 3.53. The number of nitrogens with one attached hydrogen (secondary N) is 2. The molecular weight excluding hydrogens is 381 g/mol. The molecule has 3 nitrogen and oxygen atoms in total. The molecule has 0 aliphatic heterocycles. The van der Waals surface area contributed by atoms with Crippen molar-refractivity contribution in [3.8, 4) is 0 Å². The van der Waals surface area contributed by atoms with Gasteiger partial charge in [-0.2, -0.15) is 0 Å². The summed E-state index contributed by atoms with van der Waals surface area (Å²) >= 11 is 1.88. The van der Waals surface area contributed by atoms with Crippen molar-refractivity contribution in [1.82, 2.24) is 10.6 Å². The van der Waals surface area contributed by atoms with Crippen LogP contribution in [0, 0.1) is 0 Å². The van der Waals surface area contributed by atoms with Crippen molar-refractivity contribution in [3.63, 3.8) is 0 Å². The Labute approximate surface area is 143 Å². The van der Waals surface area contributed by atoms with Crippen LogP contribution in [0.2, 0.25) is 0 Å². The molecule has 0 saturated carbocycles. The first-order chi connectivity index (χ1) is 9.36. The highest BCUT2D eigenvalue weighted by molar-refractivity contribution is 14.0. The molecule has 0 unspecified atom stereocenters. The maximum Gasteiger partial charge on any atom is 0.191 e. The van der Waals surface area contributed by atoms with E-state index in [-0.39, 0.29) is 24.0 Å². The van der Waals surface area contributed by atoms with Crippen LogP contribution in [0.3, 0.4) is 0 Å². The number of aliphatic imine (C=N–C) groups is 1. The Kier molecular flexibility index (Phi) is 12.8. The van der Waals surface area contributed by atoms with E-state index in [0.29, 0.717) is 0 Å². The van der Waals surface area contributed by atoms with Crippen molar-refractivity contribution >= 4 is 41.7 Å². The van der Waals surface area contributed by atoms with E-state index in [1.54, 1.807) is 0 Å². The molecule has 0 bridgehead atoms. The predicted molar refractivity (Wildman–Crippen MR) is 101 cm³/mol. The highest BCUT2D eigenvalue weighted by atomic mass is 127. The normalized spacial score (nSPS) is 10.6. The Hall–Kier alpha value is -0.690. The van der Waals surface area contributed by atoms with Crippen molar-refractivity contribution in [2.75, 3.05) is 25.4 Å². The van der Waals surface area contributed by atoms with Gasteiger partial charge in [-0.1, -0.05) is 24.3 Å². The molecule has 0 radical (unpaired) electrons. The van der Waals surface area contributed by atoms with Gasteiger partial charge in [0.2, 0.25) is 0 Å². The third-order valence-corrected chi connectivity index (χ3v) is 3.44. The smallest absolute Gasteiger partial charge is 0.191 e. The quantitative estimate of drug-likeness (QED) is 0.174. The lowest BCUT2D eigenvalue weighted by Crippen LogP contribution is -2.37. The molecule has 0 heterocycles. The van der Waals surface area contributed by atoms with Crippen molar-refractivity contribution in [3.05, 3.63) is 43.0 Å². The zero-order valence-electron chi connectivity index (χ0n) is 12.0. The number of hydrogen-bond acceptors (Lipinski definition) is 2. The fourth-order valence-electron chi connectivity index (χ4n) is 1.47. The molecule has 0 aliphatic carbocycles. The van der Waals surface area contributed by atoms with E-state index in [2.05, 4.69) is 53.4 Å². The lowest BCUT2D eigenvalue weighted by molar-refractivity contribution is 0.846. The Morgan fingerprint density at radius 3 is 2.70 bits per heavy atom. The van der Waals surface area contributed by atoms with Gasteiger partial charge in [-0.25, -0.2) is 0 Å². The number of halogens is 1. The van der Waals surface area contributed by atoms with E-state index in [0.717, 1.165) is 37.8 Å². The van der Waals surface area contributed by atoms with Gasteiger partial charge in [0, 0.05) is 24.5 Å². The van der Waals surface area contributed by atoms with Gasteiger partial charge >= 0.3 is 0 Å². The van der Waals surface area contributed by atoms with E-state index in [1.165, 1.54) is 4.90 Å². The van der Waals surface area contributed by atoms with Crippen LogP contribution in [0.4, 0.5) is 0 Å². The molecule has 0 atom stereocenters. The van der Waals surface area contributed by atoms with Crippen LogP contribution in [0.25, 0.3) is 0 Å². The molecule has 112 valence electrons. The summed E-state index contributed by atoms with van der Waals surface area (Å²) in [6, 6.07) is 10.5. The fraction of sp³-hybridized carbons (Fsp3) is 0.400. The third-order valence-electron chi connectivity index (χ3n) is 2.34. The van der Waals surface area contributed by atoms with Crippen molar-refractivity contribution in [1.29, 1.82) is 0 Å². The lowest BCUT2D eigenvalue weighted by atomic mass is 10.4. The first kappa shape index (κ1) is 19.3. The van der Waals surface area contributed by atoms with Gasteiger partial charge in [0.05, 0.1) is 0 Å². The number of hydrogen-bond donors (Lipinski definition) is 2. The number of guanidine groups is 1. The van der Waals surface area contributed by atoms with Crippen LogP contribution < -0.4 is 10.6 Å². The highest BCUT2D eigenvalue weighted by Gasteiger charge is 1.95. The van der Waals surface area contributed by atoms with Crippen LogP contribution in [-0.4, -0.2) is 31.3 Å². The second-order valence-electron chi connectivity index (χ2n) is 3.95. The number of thioether (sulfide) groups is 1. The SMILES string of the molecule is C=CCNC(=NCCCSc1ccccc1)NCC.I. The first-order valence-corrected chi connectivity index (χ1v) is 7.66. The molecule has 5 heteroatoms. The Morgan fingerprint density at radius 2 is 2.05 bits per heavy atom. The summed E-state index contributed by atoms with van der Waals surface area (Å²) in [5, 5.41) is 6.40. The number of benzene rings is 1. The molecule has 1 aromatic rings. The zero-order valence-corrected chi connectivity index (χ0v) is 15.1. The summed E-state index contributed by atoms with van der Waals surface area (Å²) in [6.07, 6.45) is 2.91.